The zero-order valence-corrected chi connectivity index (χ0v) is 8.36. The van der Waals surface area contributed by atoms with E-state index in [0.717, 1.165) is 17.8 Å². The van der Waals surface area contributed by atoms with Crippen molar-refractivity contribution in [3.8, 4) is 0 Å². The van der Waals surface area contributed by atoms with Crippen LogP contribution in [0.3, 0.4) is 0 Å². The first-order chi connectivity index (χ1) is 6.81. The van der Waals surface area contributed by atoms with E-state index in [2.05, 4.69) is 25.6 Å². The van der Waals surface area contributed by atoms with Crippen molar-refractivity contribution >= 4 is 11.0 Å². The Balaban J connectivity index is 2.39. The Hall–Kier alpha value is -1.50. The van der Waals surface area contributed by atoms with E-state index in [4.69, 9.17) is 4.42 Å². The summed E-state index contributed by atoms with van der Waals surface area (Å²) in [5.74, 6) is 1.46. The van der Waals surface area contributed by atoms with Crippen LogP contribution in [0.1, 0.15) is 25.0 Å². The minimum absolute atomic E-state index is 0.417. The highest BCUT2D eigenvalue weighted by molar-refractivity contribution is 5.77. The summed E-state index contributed by atoms with van der Waals surface area (Å²) in [6.45, 7) is 5.89. The molecule has 1 atom stereocenters. The predicted octanol–water partition coefficient (Wildman–Crippen LogP) is 4.11. The van der Waals surface area contributed by atoms with E-state index in [1.807, 2.05) is 24.3 Å². The van der Waals surface area contributed by atoms with Crippen molar-refractivity contribution in [1.82, 2.24) is 0 Å². The summed E-state index contributed by atoms with van der Waals surface area (Å²) >= 11 is 0. The highest BCUT2D eigenvalue weighted by Gasteiger charge is 2.09. The molecule has 72 valence electrons. The van der Waals surface area contributed by atoms with Gasteiger partial charge in [0.25, 0.3) is 0 Å². The van der Waals surface area contributed by atoms with Crippen molar-refractivity contribution in [2.24, 2.45) is 0 Å². The molecule has 2 rings (SSSR count). The van der Waals surface area contributed by atoms with Crippen LogP contribution >= 0.6 is 0 Å². The zero-order chi connectivity index (χ0) is 9.97. The highest BCUT2D eigenvalue weighted by Crippen LogP contribution is 2.26. The first kappa shape index (κ1) is 9.07. The maximum Gasteiger partial charge on any atom is 0.134 e. The summed E-state index contributed by atoms with van der Waals surface area (Å²) in [5, 5.41) is 1.18. The maximum absolute atomic E-state index is 5.73. The number of para-hydroxylation sites is 1. The molecule has 1 aromatic carbocycles. The first-order valence-electron chi connectivity index (χ1n) is 4.90. The second kappa shape index (κ2) is 3.70. The standard InChI is InChI=1S/C13H14O/c1-3-6-10(2)13-9-11-7-4-5-8-12(11)14-13/h3-5,7-10H,1,6H2,2H3. The fourth-order valence-corrected chi connectivity index (χ4v) is 1.61. The Morgan fingerprint density at radius 3 is 2.93 bits per heavy atom. The quantitative estimate of drug-likeness (QED) is 0.657. The zero-order valence-electron chi connectivity index (χ0n) is 8.36. The van der Waals surface area contributed by atoms with Gasteiger partial charge in [-0.25, -0.2) is 0 Å². The molecule has 14 heavy (non-hydrogen) atoms. The fourth-order valence-electron chi connectivity index (χ4n) is 1.61. The van der Waals surface area contributed by atoms with Crippen LogP contribution in [-0.2, 0) is 0 Å². The molecule has 1 nitrogen and oxygen atoms in total. The number of allylic oxidation sites excluding steroid dienone is 1. The number of hydrogen-bond donors (Lipinski definition) is 0. The van der Waals surface area contributed by atoms with Gasteiger partial charge in [0.05, 0.1) is 0 Å². The molecule has 0 radical (unpaired) electrons. The second-order valence-electron chi connectivity index (χ2n) is 3.61. The van der Waals surface area contributed by atoms with E-state index in [1.165, 1.54) is 5.39 Å². The van der Waals surface area contributed by atoms with E-state index >= 15 is 0 Å². The van der Waals surface area contributed by atoms with E-state index < -0.39 is 0 Å². The smallest absolute Gasteiger partial charge is 0.134 e. The minimum atomic E-state index is 0.417. The van der Waals surface area contributed by atoms with Gasteiger partial charge in [-0.2, -0.15) is 0 Å². The van der Waals surface area contributed by atoms with Crippen LogP contribution < -0.4 is 0 Å². The summed E-state index contributed by atoms with van der Waals surface area (Å²) in [6, 6.07) is 10.2. The molecule has 1 unspecified atom stereocenters. The Morgan fingerprint density at radius 2 is 2.21 bits per heavy atom. The lowest BCUT2D eigenvalue weighted by atomic mass is 10.1. The van der Waals surface area contributed by atoms with Crippen LogP contribution in [0.5, 0.6) is 0 Å². The Morgan fingerprint density at radius 1 is 1.43 bits per heavy atom. The van der Waals surface area contributed by atoms with Crippen LogP contribution in [0, 0.1) is 0 Å². The lowest BCUT2D eigenvalue weighted by Gasteiger charge is -2.02. The third kappa shape index (κ3) is 1.58. The minimum Gasteiger partial charge on any atom is -0.461 e. The van der Waals surface area contributed by atoms with Crippen LogP contribution in [0.4, 0.5) is 0 Å². The van der Waals surface area contributed by atoms with Crippen molar-refractivity contribution in [2.75, 3.05) is 0 Å². The van der Waals surface area contributed by atoms with Gasteiger partial charge < -0.3 is 4.42 Å². The SMILES string of the molecule is C=CCC(C)c1cc2ccccc2o1. The van der Waals surface area contributed by atoms with Crippen molar-refractivity contribution in [3.05, 3.63) is 48.7 Å². The third-order valence-corrected chi connectivity index (χ3v) is 2.45. The molecular weight excluding hydrogens is 172 g/mol. The molecule has 0 aliphatic rings. The molecule has 0 saturated heterocycles. The van der Waals surface area contributed by atoms with Crippen LogP contribution in [0.15, 0.2) is 47.4 Å². The van der Waals surface area contributed by atoms with Gasteiger partial charge in [0.15, 0.2) is 0 Å². The molecule has 0 aliphatic carbocycles. The van der Waals surface area contributed by atoms with Crippen LogP contribution in [-0.4, -0.2) is 0 Å². The molecule has 1 heterocycles. The lowest BCUT2D eigenvalue weighted by Crippen LogP contribution is -1.87. The first-order valence-corrected chi connectivity index (χ1v) is 4.90. The monoisotopic (exact) mass is 186 g/mol. The number of benzene rings is 1. The third-order valence-electron chi connectivity index (χ3n) is 2.45. The van der Waals surface area contributed by atoms with Gasteiger partial charge in [-0.15, -0.1) is 6.58 Å². The van der Waals surface area contributed by atoms with Crippen LogP contribution in [0.2, 0.25) is 0 Å². The average molecular weight is 186 g/mol. The van der Waals surface area contributed by atoms with E-state index in [-0.39, 0.29) is 0 Å². The predicted molar refractivity (Wildman–Crippen MR) is 59.4 cm³/mol. The van der Waals surface area contributed by atoms with Gasteiger partial charge >= 0.3 is 0 Å². The fraction of sp³-hybridized carbons (Fsp3) is 0.231. The molecule has 0 N–H and O–H groups in total. The molecule has 1 heteroatoms. The van der Waals surface area contributed by atoms with Crippen molar-refractivity contribution in [1.29, 1.82) is 0 Å². The van der Waals surface area contributed by atoms with Gasteiger partial charge in [0.1, 0.15) is 11.3 Å². The molecule has 0 fully saturated rings. The summed E-state index contributed by atoms with van der Waals surface area (Å²) in [4.78, 5) is 0. The van der Waals surface area contributed by atoms with Gasteiger partial charge in [-0.05, 0) is 18.6 Å². The van der Waals surface area contributed by atoms with E-state index in [0.29, 0.717) is 5.92 Å². The van der Waals surface area contributed by atoms with Gasteiger partial charge in [0.2, 0.25) is 0 Å². The number of furan rings is 1. The topological polar surface area (TPSA) is 13.1 Å². The molecule has 1 aromatic heterocycles. The summed E-state index contributed by atoms with van der Waals surface area (Å²) in [5.41, 5.74) is 0.971. The van der Waals surface area contributed by atoms with Crippen molar-refractivity contribution < 1.29 is 4.42 Å². The number of fused-ring (bicyclic) bond motifs is 1. The van der Waals surface area contributed by atoms with E-state index in [9.17, 15) is 0 Å². The van der Waals surface area contributed by atoms with E-state index in [1.54, 1.807) is 0 Å². The van der Waals surface area contributed by atoms with Crippen molar-refractivity contribution in [3.63, 3.8) is 0 Å². The molecule has 0 bridgehead atoms. The number of hydrogen-bond acceptors (Lipinski definition) is 1. The largest absolute Gasteiger partial charge is 0.461 e. The molecule has 2 aromatic rings. The summed E-state index contributed by atoms with van der Waals surface area (Å²) < 4.78 is 5.73. The highest BCUT2D eigenvalue weighted by atomic mass is 16.3. The molecule has 0 amide bonds. The van der Waals surface area contributed by atoms with Crippen molar-refractivity contribution in [2.45, 2.75) is 19.3 Å². The Labute approximate surface area is 84.0 Å². The Bertz CT molecular complexity index is 406. The lowest BCUT2D eigenvalue weighted by molar-refractivity contribution is 0.508. The molecular formula is C13H14O. The summed E-state index contributed by atoms with van der Waals surface area (Å²) in [6.07, 6.45) is 2.89. The molecule has 0 saturated carbocycles. The maximum atomic E-state index is 5.73. The van der Waals surface area contributed by atoms with Gasteiger partial charge in [0, 0.05) is 11.3 Å². The molecule has 0 aliphatic heterocycles. The number of rotatable bonds is 3. The Kier molecular flexibility index (Phi) is 2.40. The van der Waals surface area contributed by atoms with Gasteiger partial charge in [-0.1, -0.05) is 31.2 Å². The van der Waals surface area contributed by atoms with Gasteiger partial charge in [-0.3, -0.25) is 0 Å². The molecule has 0 spiro atoms. The van der Waals surface area contributed by atoms with Crippen LogP contribution in [0.25, 0.3) is 11.0 Å². The average Bonchev–Trinajstić information content (AvgIpc) is 2.61. The second-order valence-corrected chi connectivity index (χ2v) is 3.61. The summed E-state index contributed by atoms with van der Waals surface area (Å²) in [7, 11) is 0. The normalized spacial score (nSPS) is 12.9.